The largest absolute Gasteiger partial charge is 0.478 e. The molecular weight excluding hydrogens is 230 g/mol. The van der Waals surface area contributed by atoms with Crippen molar-refractivity contribution in [2.75, 3.05) is 5.32 Å². The number of hydrogen-bond acceptors (Lipinski definition) is 2. The van der Waals surface area contributed by atoms with Crippen LogP contribution in [-0.4, -0.2) is 17.0 Å². The van der Waals surface area contributed by atoms with E-state index in [0.29, 0.717) is 5.69 Å². The number of carboxylic acid groups (broad SMARTS) is 1. The molecule has 1 aromatic rings. The number of carboxylic acids is 1. The standard InChI is InChI=1S/C14H17NO3/c1-14(2,3)10-6-4-5-7-11(10)15-12(16)8-9-13(17)18/h4-9H,1-3H3,(H,15,16)(H,17,18)/b9-8-. The first-order valence-corrected chi connectivity index (χ1v) is 5.62. The van der Waals surface area contributed by atoms with E-state index in [4.69, 9.17) is 5.11 Å². The van der Waals surface area contributed by atoms with Crippen LogP contribution in [0, 0.1) is 0 Å². The number of hydrogen-bond donors (Lipinski definition) is 2. The van der Waals surface area contributed by atoms with Crippen molar-refractivity contribution >= 4 is 17.6 Å². The lowest BCUT2D eigenvalue weighted by atomic mass is 9.86. The van der Waals surface area contributed by atoms with Gasteiger partial charge in [0.05, 0.1) is 0 Å². The van der Waals surface area contributed by atoms with Gasteiger partial charge in [0, 0.05) is 17.8 Å². The number of carbonyl (C=O) groups excluding carboxylic acids is 1. The summed E-state index contributed by atoms with van der Waals surface area (Å²) < 4.78 is 0. The van der Waals surface area contributed by atoms with Gasteiger partial charge in [-0.15, -0.1) is 0 Å². The summed E-state index contributed by atoms with van der Waals surface area (Å²) in [4.78, 5) is 21.9. The van der Waals surface area contributed by atoms with E-state index in [1.807, 2.05) is 39.0 Å². The third kappa shape index (κ3) is 4.05. The Morgan fingerprint density at radius 3 is 2.33 bits per heavy atom. The summed E-state index contributed by atoms with van der Waals surface area (Å²) in [5.74, 6) is -1.59. The molecule has 0 spiro atoms. The summed E-state index contributed by atoms with van der Waals surface area (Å²) in [5.41, 5.74) is 1.60. The minimum absolute atomic E-state index is 0.0968. The fourth-order valence-electron chi connectivity index (χ4n) is 1.57. The Balaban J connectivity index is 2.92. The maximum atomic E-state index is 11.5. The van der Waals surface area contributed by atoms with Gasteiger partial charge < -0.3 is 10.4 Å². The van der Waals surface area contributed by atoms with E-state index in [0.717, 1.165) is 17.7 Å². The summed E-state index contributed by atoms with van der Waals surface area (Å²) in [5, 5.41) is 11.1. The molecule has 0 aliphatic heterocycles. The van der Waals surface area contributed by atoms with Crippen LogP contribution < -0.4 is 5.32 Å². The van der Waals surface area contributed by atoms with Crippen LogP contribution in [0.3, 0.4) is 0 Å². The Hall–Kier alpha value is -2.10. The smallest absolute Gasteiger partial charge is 0.328 e. The van der Waals surface area contributed by atoms with Crippen molar-refractivity contribution in [3.8, 4) is 0 Å². The number of carbonyl (C=O) groups is 2. The van der Waals surface area contributed by atoms with Crippen LogP contribution in [0.4, 0.5) is 5.69 Å². The molecule has 1 aromatic carbocycles. The van der Waals surface area contributed by atoms with Crippen LogP contribution in [0.2, 0.25) is 0 Å². The summed E-state index contributed by atoms with van der Waals surface area (Å²) in [6.07, 6.45) is 1.82. The number of para-hydroxylation sites is 1. The van der Waals surface area contributed by atoms with Gasteiger partial charge in [-0.2, -0.15) is 0 Å². The second kappa shape index (κ2) is 5.49. The first kappa shape index (κ1) is 14.0. The first-order valence-electron chi connectivity index (χ1n) is 5.62. The lowest BCUT2D eigenvalue weighted by Crippen LogP contribution is -2.17. The minimum Gasteiger partial charge on any atom is -0.478 e. The number of nitrogens with one attached hydrogen (secondary N) is 1. The summed E-state index contributed by atoms with van der Waals surface area (Å²) >= 11 is 0. The lowest BCUT2D eigenvalue weighted by Gasteiger charge is -2.22. The molecule has 2 N–H and O–H groups in total. The normalized spacial score (nSPS) is 11.5. The molecule has 18 heavy (non-hydrogen) atoms. The van der Waals surface area contributed by atoms with Crippen molar-refractivity contribution in [1.29, 1.82) is 0 Å². The molecule has 0 aromatic heterocycles. The highest BCUT2D eigenvalue weighted by atomic mass is 16.4. The zero-order valence-corrected chi connectivity index (χ0v) is 10.7. The monoisotopic (exact) mass is 247 g/mol. The molecule has 96 valence electrons. The van der Waals surface area contributed by atoms with Crippen LogP contribution in [0.15, 0.2) is 36.4 Å². The van der Waals surface area contributed by atoms with Gasteiger partial charge in [0.25, 0.3) is 0 Å². The molecule has 0 fully saturated rings. The second-order valence-electron chi connectivity index (χ2n) is 4.96. The zero-order valence-electron chi connectivity index (χ0n) is 10.7. The van der Waals surface area contributed by atoms with Gasteiger partial charge in [-0.25, -0.2) is 4.79 Å². The maximum Gasteiger partial charge on any atom is 0.328 e. The SMILES string of the molecule is CC(C)(C)c1ccccc1NC(=O)/C=C\C(=O)O. The topological polar surface area (TPSA) is 66.4 Å². The van der Waals surface area contributed by atoms with Crippen LogP contribution in [0.25, 0.3) is 0 Å². The molecule has 0 radical (unpaired) electrons. The van der Waals surface area contributed by atoms with Crippen LogP contribution in [-0.2, 0) is 15.0 Å². The molecule has 0 aliphatic rings. The first-order chi connectivity index (χ1) is 8.30. The predicted molar refractivity (Wildman–Crippen MR) is 70.5 cm³/mol. The molecule has 0 heterocycles. The van der Waals surface area contributed by atoms with Crippen LogP contribution in [0.5, 0.6) is 0 Å². The molecule has 0 saturated carbocycles. The highest BCUT2D eigenvalue weighted by Gasteiger charge is 2.17. The number of anilines is 1. The Morgan fingerprint density at radius 2 is 1.78 bits per heavy atom. The molecule has 1 rings (SSSR count). The van der Waals surface area contributed by atoms with Crippen LogP contribution in [0.1, 0.15) is 26.3 Å². The quantitative estimate of drug-likeness (QED) is 0.807. The average Bonchev–Trinajstić information content (AvgIpc) is 2.25. The summed E-state index contributed by atoms with van der Waals surface area (Å²) in [6.45, 7) is 6.14. The minimum atomic E-state index is -1.14. The Labute approximate surface area is 106 Å². The van der Waals surface area contributed by atoms with Crippen molar-refractivity contribution in [3.05, 3.63) is 42.0 Å². The van der Waals surface area contributed by atoms with Gasteiger partial charge in [0.15, 0.2) is 0 Å². The molecule has 1 amide bonds. The van der Waals surface area contributed by atoms with Crippen LogP contribution >= 0.6 is 0 Å². The third-order valence-corrected chi connectivity index (χ3v) is 2.37. The Morgan fingerprint density at radius 1 is 1.17 bits per heavy atom. The van der Waals surface area contributed by atoms with E-state index in [1.54, 1.807) is 6.07 Å². The molecular formula is C14H17NO3. The van der Waals surface area contributed by atoms with E-state index in [9.17, 15) is 9.59 Å². The Kier molecular flexibility index (Phi) is 4.26. The molecule has 0 aliphatic carbocycles. The van der Waals surface area contributed by atoms with E-state index >= 15 is 0 Å². The van der Waals surface area contributed by atoms with Gasteiger partial charge >= 0.3 is 5.97 Å². The predicted octanol–water partition coefficient (Wildman–Crippen LogP) is 2.56. The number of amides is 1. The van der Waals surface area contributed by atoms with Gasteiger partial charge in [-0.05, 0) is 17.0 Å². The molecule has 0 bridgehead atoms. The van der Waals surface area contributed by atoms with E-state index < -0.39 is 11.9 Å². The van der Waals surface area contributed by atoms with Crippen molar-refractivity contribution in [3.63, 3.8) is 0 Å². The molecule has 4 nitrogen and oxygen atoms in total. The fraction of sp³-hybridized carbons (Fsp3) is 0.286. The molecule has 0 saturated heterocycles. The van der Waals surface area contributed by atoms with Crippen molar-refractivity contribution in [2.45, 2.75) is 26.2 Å². The highest BCUT2D eigenvalue weighted by Crippen LogP contribution is 2.29. The number of rotatable bonds is 3. The summed E-state index contributed by atoms with van der Waals surface area (Å²) in [6, 6.07) is 7.47. The van der Waals surface area contributed by atoms with Crippen molar-refractivity contribution in [1.82, 2.24) is 0 Å². The summed E-state index contributed by atoms with van der Waals surface area (Å²) in [7, 11) is 0. The fourth-order valence-corrected chi connectivity index (χ4v) is 1.57. The maximum absolute atomic E-state index is 11.5. The molecule has 4 heteroatoms. The zero-order chi connectivity index (χ0) is 13.8. The van der Waals surface area contributed by atoms with E-state index in [1.165, 1.54) is 0 Å². The van der Waals surface area contributed by atoms with Crippen molar-refractivity contribution < 1.29 is 14.7 Å². The average molecular weight is 247 g/mol. The number of aliphatic carboxylic acids is 1. The van der Waals surface area contributed by atoms with Gasteiger partial charge in [0.1, 0.15) is 0 Å². The lowest BCUT2D eigenvalue weighted by molar-refractivity contribution is -0.131. The Bertz CT molecular complexity index is 484. The van der Waals surface area contributed by atoms with Gasteiger partial charge in [-0.1, -0.05) is 39.0 Å². The third-order valence-electron chi connectivity index (χ3n) is 2.37. The van der Waals surface area contributed by atoms with E-state index in [-0.39, 0.29) is 5.41 Å². The second-order valence-corrected chi connectivity index (χ2v) is 4.96. The molecule has 0 atom stereocenters. The van der Waals surface area contributed by atoms with Gasteiger partial charge in [0.2, 0.25) is 5.91 Å². The van der Waals surface area contributed by atoms with Crippen molar-refractivity contribution in [2.24, 2.45) is 0 Å². The number of benzene rings is 1. The van der Waals surface area contributed by atoms with E-state index in [2.05, 4.69) is 5.32 Å². The molecule has 0 unspecified atom stereocenters. The van der Waals surface area contributed by atoms with Gasteiger partial charge in [-0.3, -0.25) is 4.79 Å². The highest BCUT2D eigenvalue weighted by molar-refractivity contribution is 6.02.